The summed E-state index contributed by atoms with van der Waals surface area (Å²) >= 11 is 0. The lowest BCUT2D eigenvalue weighted by Crippen LogP contribution is -1.97. The van der Waals surface area contributed by atoms with Gasteiger partial charge in [0.1, 0.15) is 0 Å². The molecule has 2 nitrogen and oxygen atoms in total. The van der Waals surface area contributed by atoms with Gasteiger partial charge in [0.2, 0.25) is 6.86 Å². The fourth-order valence-electron chi connectivity index (χ4n) is 2.78. The van der Waals surface area contributed by atoms with E-state index in [0.717, 1.165) is 36.2 Å². The molecule has 0 saturated heterocycles. The SMILES string of the molecule is CCCc1ccc(-c2ccc(-c3cc(F)c(OCF)c(F)c3)cc2)nc1. The Morgan fingerprint density at radius 3 is 2.08 bits per heavy atom. The monoisotopic (exact) mass is 357 g/mol. The first kappa shape index (κ1) is 18.0. The standard InChI is InChI=1S/C21H18F3NO/c1-2-3-14-4-9-20(25-12-14)16-7-5-15(6-8-16)17-10-18(23)21(26-13-22)19(24)11-17/h4-12H,2-3,13H2,1H3. The van der Waals surface area contributed by atoms with Crippen molar-refractivity contribution in [3.63, 3.8) is 0 Å². The summed E-state index contributed by atoms with van der Waals surface area (Å²) in [5, 5.41) is 0. The average Bonchev–Trinajstić information content (AvgIpc) is 2.66. The third-order valence-electron chi connectivity index (χ3n) is 4.07. The molecule has 0 unspecified atom stereocenters. The number of ether oxygens (including phenoxy) is 1. The Labute approximate surface area is 150 Å². The summed E-state index contributed by atoms with van der Waals surface area (Å²) in [4.78, 5) is 4.46. The first-order valence-corrected chi connectivity index (χ1v) is 8.36. The second-order valence-corrected chi connectivity index (χ2v) is 5.90. The van der Waals surface area contributed by atoms with Gasteiger partial charge in [-0.05, 0) is 41.3 Å². The number of aryl methyl sites for hydroxylation is 1. The zero-order chi connectivity index (χ0) is 18.5. The molecule has 3 aromatic rings. The Morgan fingerprint density at radius 1 is 0.885 bits per heavy atom. The van der Waals surface area contributed by atoms with Crippen molar-refractivity contribution < 1.29 is 17.9 Å². The zero-order valence-electron chi connectivity index (χ0n) is 14.3. The Kier molecular flexibility index (Phi) is 5.56. The number of halogens is 3. The second kappa shape index (κ2) is 8.04. The van der Waals surface area contributed by atoms with Crippen LogP contribution in [0.15, 0.2) is 54.7 Å². The van der Waals surface area contributed by atoms with E-state index in [0.29, 0.717) is 11.1 Å². The minimum absolute atomic E-state index is 0.351. The third-order valence-corrected chi connectivity index (χ3v) is 4.07. The van der Waals surface area contributed by atoms with Crippen LogP contribution in [0.2, 0.25) is 0 Å². The van der Waals surface area contributed by atoms with Gasteiger partial charge in [0, 0.05) is 11.8 Å². The molecule has 0 spiro atoms. The molecular weight excluding hydrogens is 339 g/mol. The number of pyridine rings is 1. The van der Waals surface area contributed by atoms with Gasteiger partial charge < -0.3 is 4.74 Å². The van der Waals surface area contributed by atoms with Crippen LogP contribution in [0, 0.1) is 11.6 Å². The summed E-state index contributed by atoms with van der Waals surface area (Å²) in [5.74, 6) is -2.57. The van der Waals surface area contributed by atoms with Gasteiger partial charge in [-0.15, -0.1) is 0 Å². The lowest BCUT2D eigenvalue weighted by atomic mass is 10.0. The highest BCUT2D eigenvalue weighted by molar-refractivity contribution is 5.69. The summed E-state index contributed by atoms with van der Waals surface area (Å²) in [6.07, 6.45) is 3.92. The highest BCUT2D eigenvalue weighted by atomic mass is 19.1. The first-order chi connectivity index (χ1) is 12.6. The van der Waals surface area contributed by atoms with E-state index in [4.69, 9.17) is 0 Å². The molecule has 1 aromatic heterocycles. The fraction of sp³-hybridized carbons (Fsp3) is 0.190. The smallest absolute Gasteiger partial charge is 0.228 e. The molecule has 0 amide bonds. The van der Waals surface area contributed by atoms with Crippen molar-refractivity contribution in [2.75, 3.05) is 6.86 Å². The summed E-state index contributed by atoms with van der Waals surface area (Å²) in [6, 6.07) is 13.5. The van der Waals surface area contributed by atoms with Crippen LogP contribution in [0.1, 0.15) is 18.9 Å². The van der Waals surface area contributed by atoms with Crippen molar-refractivity contribution in [1.82, 2.24) is 4.98 Å². The number of hydrogen-bond acceptors (Lipinski definition) is 2. The number of alkyl halides is 1. The molecule has 3 rings (SSSR count). The van der Waals surface area contributed by atoms with Crippen LogP contribution in [0.4, 0.5) is 13.2 Å². The maximum Gasteiger partial charge on any atom is 0.228 e. The van der Waals surface area contributed by atoms with Crippen molar-refractivity contribution in [1.29, 1.82) is 0 Å². The number of nitrogens with zero attached hydrogens (tertiary/aromatic N) is 1. The molecule has 0 aliphatic heterocycles. The Balaban J connectivity index is 1.85. The number of rotatable bonds is 6. The van der Waals surface area contributed by atoms with Gasteiger partial charge in [-0.2, -0.15) is 0 Å². The molecule has 134 valence electrons. The largest absolute Gasteiger partial charge is 0.457 e. The zero-order valence-corrected chi connectivity index (χ0v) is 14.3. The van der Waals surface area contributed by atoms with Gasteiger partial charge in [-0.3, -0.25) is 4.98 Å². The molecule has 0 aliphatic carbocycles. The normalized spacial score (nSPS) is 10.8. The number of benzene rings is 2. The molecule has 0 atom stereocenters. The van der Waals surface area contributed by atoms with Gasteiger partial charge in [0.25, 0.3) is 0 Å². The molecule has 26 heavy (non-hydrogen) atoms. The van der Waals surface area contributed by atoms with E-state index < -0.39 is 24.2 Å². The molecule has 1 heterocycles. The van der Waals surface area contributed by atoms with Crippen LogP contribution >= 0.6 is 0 Å². The lowest BCUT2D eigenvalue weighted by molar-refractivity contribution is 0.176. The first-order valence-electron chi connectivity index (χ1n) is 8.36. The van der Waals surface area contributed by atoms with Gasteiger partial charge >= 0.3 is 0 Å². The maximum atomic E-state index is 13.9. The van der Waals surface area contributed by atoms with Gasteiger partial charge in [0.05, 0.1) is 5.69 Å². The summed E-state index contributed by atoms with van der Waals surface area (Å²) in [7, 11) is 0. The van der Waals surface area contributed by atoms with E-state index in [9.17, 15) is 13.2 Å². The number of aromatic nitrogens is 1. The molecule has 0 saturated carbocycles. The van der Waals surface area contributed by atoms with Crippen LogP contribution in [0.3, 0.4) is 0 Å². The maximum absolute atomic E-state index is 13.9. The average molecular weight is 357 g/mol. The topological polar surface area (TPSA) is 22.1 Å². The molecule has 0 aliphatic rings. The molecule has 2 aromatic carbocycles. The van der Waals surface area contributed by atoms with Crippen molar-refractivity contribution in [3.05, 3.63) is 71.9 Å². The minimum Gasteiger partial charge on any atom is -0.457 e. The summed E-state index contributed by atoms with van der Waals surface area (Å²) in [5.41, 5.74) is 3.93. The third kappa shape index (κ3) is 3.87. The van der Waals surface area contributed by atoms with Gasteiger partial charge in [-0.1, -0.05) is 43.7 Å². The van der Waals surface area contributed by atoms with Crippen molar-refractivity contribution in [2.45, 2.75) is 19.8 Å². The highest BCUT2D eigenvalue weighted by Crippen LogP contribution is 2.30. The fourth-order valence-corrected chi connectivity index (χ4v) is 2.78. The van der Waals surface area contributed by atoms with E-state index in [1.807, 2.05) is 30.5 Å². The van der Waals surface area contributed by atoms with E-state index in [2.05, 4.69) is 16.6 Å². The van der Waals surface area contributed by atoms with E-state index >= 15 is 0 Å². The molecule has 0 N–H and O–H groups in total. The molecule has 0 fully saturated rings. The van der Waals surface area contributed by atoms with Crippen molar-refractivity contribution in [2.24, 2.45) is 0 Å². The van der Waals surface area contributed by atoms with E-state index in [1.54, 1.807) is 12.1 Å². The summed E-state index contributed by atoms with van der Waals surface area (Å²) < 4.78 is 44.3. The highest BCUT2D eigenvalue weighted by Gasteiger charge is 2.13. The summed E-state index contributed by atoms with van der Waals surface area (Å²) in [6.45, 7) is 0.834. The predicted octanol–water partition coefficient (Wildman–Crippen LogP) is 5.95. The second-order valence-electron chi connectivity index (χ2n) is 5.90. The Morgan fingerprint density at radius 2 is 1.54 bits per heavy atom. The Bertz CT molecular complexity index is 854. The van der Waals surface area contributed by atoms with Gasteiger partial charge in [0.15, 0.2) is 17.4 Å². The Hall–Kier alpha value is -2.82. The molecule has 0 bridgehead atoms. The van der Waals surface area contributed by atoms with Gasteiger partial charge in [-0.25, -0.2) is 13.2 Å². The minimum atomic E-state index is -1.29. The van der Waals surface area contributed by atoms with E-state index in [1.165, 1.54) is 5.56 Å². The molecule has 0 radical (unpaired) electrons. The molecular formula is C21H18F3NO. The van der Waals surface area contributed by atoms with Crippen LogP contribution in [-0.4, -0.2) is 11.8 Å². The van der Waals surface area contributed by atoms with E-state index in [-0.39, 0.29) is 0 Å². The molecule has 5 heteroatoms. The van der Waals surface area contributed by atoms with Crippen LogP contribution in [-0.2, 0) is 6.42 Å². The quantitative estimate of drug-likeness (QED) is 0.544. The van der Waals surface area contributed by atoms with Crippen LogP contribution < -0.4 is 4.74 Å². The van der Waals surface area contributed by atoms with Crippen LogP contribution in [0.5, 0.6) is 5.75 Å². The lowest BCUT2D eigenvalue weighted by Gasteiger charge is -2.09. The predicted molar refractivity (Wildman–Crippen MR) is 95.6 cm³/mol. The van der Waals surface area contributed by atoms with Crippen molar-refractivity contribution in [3.8, 4) is 28.1 Å². The number of hydrogen-bond donors (Lipinski definition) is 0. The van der Waals surface area contributed by atoms with Crippen molar-refractivity contribution >= 4 is 0 Å². The van der Waals surface area contributed by atoms with Crippen LogP contribution in [0.25, 0.3) is 22.4 Å².